The first-order chi connectivity index (χ1) is 13.6. The molecule has 0 N–H and O–H groups in total. The third-order valence-corrected chi connectivity index (χ3v) is 6.32. The molecule has 2 aliphatic heterocycles. The van der Waals surface area contributed by atoms with Crippen LogP contribution in [-0.4, -0.2) is 60.7 Å². The Balaban J connectivity index is 1.49. The fourth-order valence-electron chi connectivity index (χ4n) is 4.73. The van der Waals surface area contributed by atoms with Gasteiger partial charge in [0.2, 0.25) is 5.91 Å². The van der Waals surface area contributed by atoms with Crippen molar-refractivity contribution in [3.05, 3.63) is 29.8 Å². The van der Waals surface area contributed by atoms with E-state index in [1.165, 1.54) is 12.0 Å². The quantitative estimate of drug-likeness (QED) is 0.678. The summed E-state index contributed by atoms with van der Waals surface area (Å²) in [6.45, 7) is 8.77. The fraction of sp³-hybridized carbons (Fsp3) is 0.696. The maximum Gasteiger partial charge on any atom is 0.222 e. The molecule has 2 heterocycles. The molecule has 0 aliphatic carbocycles. The van der Waals surface area contributed by atoms with E-state index >= 15 is 0 Å². The molecule has 0 radical (unpaired) electrons. The third-order valence-electron chi connectivity index (χ3n) is 6.32. The molecule has 156 valence electrons. The Morgan fingerprint density at radius 2 is 2.00 bits per heavy atom. The van der Waals surface area contributed by atoms with E-state index in [-0.39, 0.29) is 17.6 Å². The van der Waals surface area contributed by atoms with Crippen molar-refractivity contribution in [3.8, 4) is 5.75 Å². The highest BCUT2D eigenvalue weighted by atomic mass is 16.5. The van der Waals surface area contributed by atoms with E-state index in [1.807, 2.05) is 30.9 Å². The van der Waals surface area contributed by atoms with E-state index in [4.69, 9.17) is 9.47 Å². The summed E-state index contributed by atoms with van der Waals surface area (Å²) in [5.74, 6) is 1.17. The molecule has 0 unspecified atom stereocenters. The Morgan fingerprint density at radius 1 is 1.25 bits per heavy atom. The molecule has 5 nitrogen and oxygen atoms in total. The van der Waals surface area contributed by atoms with E-state index in [0.717, 1.165) is 64.2 Å². The standard InChI is InChI=1S/C23H36N2O3/c1-4-25(5-2)22(26)12-11-21-13-15-23(28-21)14-6-16-24(18-23)17-19-7-9-20(27-3)10-8-19/h7-10,21H,4-6,11-18H2,1-3H3/t21-,23-/m0/s1. The Kier molecular flexibility index (Phi) is 7.36. The zero-order valence-electron chi connectivity index (χ0n) is 17.8. The van der Waals surface area contributed by atoms with Crippen molar-refractivity contribution in [2.24, 2.45) is 0 Å². The van der Waals surface area contributed by atoms with Gasteiger partial charge in [-0.2, -0.15) is 0 Å². The Morgan fingerprint density at radius 3 is 2.68 bits per heavy atom. The molecule has 2 aliphatic rings. The molecule has 1 aromatic rings. The minimum absolute atomic E-state index is 0.00632. The Bertz CT molecular complexity index is 629. The van der Waals surface area contributed by atoms with Crippen LogP contribution < -0.4 is 4.74 Å². The number of hydrogen-bond donors (Lipinski definition) is 0. The normalized spacial score (nSPS) is 25.2. The molecular formula is C23H36N2O3. The van der Waals surface area contributed by atoms with Crippen molar-refractivity contribution in [2.75, 3.05) is 33.3 Å². The van der Waals surface area contributed by atoms with Crippen LogP contribution in [0.1, 0.15) is 57.9 Å². The number of piperidine rings is 1. The summed E-state index contributed by atoms with van der Waals surface area (Å²) >= 11 is 0. The minimum atomic E-state index is -0.00632. The van der Waals surface area contributed by atoms with Crippen LogP contribution >= 0.6 is 0 Å². The largest absolute Gasteiger partial charge is 0.497 e. The monoisotopic (exact) mass is 388 g/mol. The second-order valence-electron chi connectivity index (χ2n) is 8.23. The molecule has 2 saturated heterocycles. The number of benzene rings is 1. The topological polar surface area (TPSA) is 42.0 Å². The lowest BCUT2D eigenvalue weighted by Gasteiger charge is -2.40. The average molecular weight is 389 g/mol. The first-order valence-corrected chi connectivity index (χ1v) is 10.9. The van der Waals surface area contributed by atoms with Gasteiger partial charge in [0.25, 0.3) is 0 Å². The number of hydrogen-bond acceptors (Lipinski definition) is 4. The lowest BCUT2D eigenvalue weighted by Crippen LogP contribution is -2.47. The molecule has 3 rings (SSSR count). The van der Waals surface area contributed by atoms with Gasteiger partial charge in [0, 0.05) is 32.6 Å². The number of ether oxygens (including phenoxy) is 2. The Labute approximate surface area is 170 Å². The summed E-state index contributed by atoms with van der Waals surface area (Å²) in [5, 5.41) is 0. The molecule has 0 bridgehead atoms. The van der Waals surface area contributed by atoms with Crippen LogP contribution in [0.2, 0.25) is 0 Å². The van der Waals surface area contributed by atoms with E-state index in [1.54, 1.807) is 7.11 Å². The van der Waals surface area contributed by atoms with Crippen LogP contribution in [0, 0.1) is 0 Å². The highest BCUT2D eigenvalue weighted by Gasteiger charge is 2.43. The second-order valence-corrected chi connectivity index (χ2v) is 8.23. The third kappa shape index (κ3) is 5.26. The second kappa shape index (κ2) is 9.75. The summed E-state index contributed by atoms with van der Waals surface area (Å²) in [7, 11) is 1.70. The lowest BCUT2D eigenvalue weighted by molar-refractivity contribution is -0.132. The number of likely N-dealkylation sites (tertiary alicyclic amines) is 1. The number of nitrogens with zero attached hydrogens (tertiary/aromatic N) is 2. The SMILES string of the molecule is CCN(CC)C(=O)CC[C@H]1CC[C@]2(CCCN(Cc3ccc(OC)cc3)C2)O1. The van der Waals surface area contributed by atoms with Crippen molar-refractivity contribution in [2.45, 2.75) is 70.6 Å². The van der Waals surface area contributed by atoms with E-state index in [2.05, 4.69) is 17.0 Å². The predicted octanol–water partition coefficient (Wildman–Crippen LogP) is 3.86. The van der Waals surface area contributed by atoms with Crippen molar-refractivity contribution >= 4 is 5.91 Å². The minimum Gasteiger partial charge on any atom is -0.497 e. The van der Waals surface area contributed by atoms with Gasteiger partial charge in [-0.3, -0.25) is 9.69 Å². The molecule has 0 saturated carbocycles. The summed E-state index contributed by atoms with van der Waals surface area (Å²) in [5.41, 5.74) is 1.31. The smallest absolute Gasteiger partial charge is 0.222 e. The molecule has 1 aromatic carbocycles. The van der Waals surface area contributed by atoms with Crippen LogP contribution in [-0.2, 0) is 16.1 Å². The number of carbonyl (C=O) groups is 1. The molecule has 2 fully saturated rings. The van der Waals surface area contributed by atoms with Crippen LogP contribution in [0.25, 0.3) is 0 Å². The summed E-state index contributed by atoms with van der Waals surface area (Å²) < 4.78 is 11.8. The van der Waals surface area contributed by atoms with Gasteiger partial charge in [-0.05, 0) is 70.2 Å². The van der Waals surface area contributed by atoms with Crippen LogP contribution in [0.5, 0.6) is 5.75 Å². The van der Waals surface area contributed by atoms with Crippen molar-refractivity contribution in [1.82, 2.24) is 9.80 Å². The molecule has 1 spiro atoms. The number of rotatable bonds is 8. The van der Waals surface area contributed by atoms with Gasteiger partial charge in [0.15, 0.2) is 0 Å². The lowest BCUT2D eigenvalue weighted by atomic mass is 9.89. The first kappa shape index (κ1) is 21.1. The van der Waals surface area contributed by atoms with E-state index in [9.17, 15) is 4.79 Å². The summed E-state index contributed by atoms with van der Waals surface area (Å²) in [4.78, 5) is 16.7. The molecular weight excluding hydrogens is 352 g/mol. The zero-order valence-corrected chi connectivity index (χ0v) is 17.8. The van der Waals surface area contributed by atoms with Gasteiger partial charge in [0.1, 0.15) is 5.75 Å². The Hall–Kier alpha value is -1.59. The predicted molar refractivity (Wildman–Crippen MR) is 112 cm³/mol. The average Bonchev–Trinajstić information content (AvgIpc) is 3.10. The highest BCUT2D eigenvalue weighted by molar-refractivity contribution is 5.76. The summed E-state index contributed by atoms with van der Waals surface area (Å²) in [6, 6.07) is 8.36. The first-order valence-electron chi connectivity index (χ1n) is 10.9. The highest BCUT2D eigenvalue weighted by Crippen LogP contribution is 2.39. The van der Waals surface area contributed by atoms with Crippen molar-refractivity contribution in [1.29, 1.82) is 0 Å². The van der Waals surface area contributed by atoms with E-state index in [0.29, 0.717) is 6.42 Å². The van der Waals surface area contributed by atoms with Gasteiger partial charge < -0.3 is 14.4 Å². The maximum absolute atomic E-state index is 12.3. The van der Waals surface area contributed by atoms with Crippen LogP contribution in [0.3, 0.4) is 0 Å². The van der Waals surface area contributed by atoms with Gasteiger partial charge in [-0.15, -0.1) is 0 Å². The number of methoxy groups -OCH3 is 1. The van der Waals surface area contributed by atoms with Gasteiger partial charge in [0.05, 0.1) is 18.8 Å². The molecule has 2 atom stereocenters. The maximum atomic E-state index is 12.3. The zero-order chi connectivity index (χ0) is 20.0. The molecule has 0 aromatic heterocycles. The molecule has 28 heavy (non-hydrogen) atoms. The van der Waals surface area contributed by atoms with Crippen molar-refractivity contribution < 1.29 is 14.3 Å². The molecule has 1 amide bonds. The number of amides is 1. The van der Waals surface area contributed by atoms with Crippen molar-refractivity contribution in [3.63, 3.8) is 0 Å². The van der Waals surface area contributed by atoms with Gasteiger partial charge in [-0.25, -0.2) is 0 Å². The molecule has 5 heteroatoms. The fourth-order valence-corrected chi connectivity index (χ4v) is 4.73. The van der Waals surface area contributed by atoms with Gasteiger partial charge >= 0.3 is 0 Å². The van der Waals surface area contributed by atoms with Crippen LogP contribution in [0.15, 0.2) is 24.3 Å². The van der Waals surface area contributed by atoms with E-state index < -0.39 is 0 Å². The number of carbonyl (C=O) groups excluding carboxylic acids is 1. The van der Waals surface area contributed by atoms with Gasteiger partial charge in [-0.1, -0.05) is 12.1 Å². The van der Waals surface area contributed by atoms with Crippen LogP contribution in [0.4, 0.5) is 0 Å². The summed E-state index contributed by atoms with van der Waals surface area (Å²) in [6.07, 6.45) is 6.24.